The standard InChI is InChI=1S/C16H25NO4/c1-19-14-8-16(21-3)15(20-2)7-13(14)10-17-6-4-5-12(9-17)11-18/h7-8,12,18H,4-6,9-11H2,1-3H3/t12-/m1/s1. The highest BCUT2D eigenvalue weighted by atomic mass is 16.5. The fourth-order valence-corrected chi connectivity index (χ4v) is 2.90. The lowest BCUT2D eigenvalue weighted by Crippen LogP contribution is -2.36. The maximum absolute atomic E-state index is 9.34. The number of benzene rings is 1. The number of aliphatic hydroxyl groups excluding tert-OH is 1. The summed E-state index contributed by atoms with van der Waals surface area (Å²) >= 11 is 0. The number of rotatable bonds is 6. The van der Waals surface area contributed by atoms with Gasteiger partial charge >= 0.3 is 0 Å². The quantitative estimate of drug-likeness (QED) is 0.869. The molecule has 5 nitrogen and oxygen atoms in total. The number of piperidine rings is 1. The molecule has 1 aliphatic heterocycles. The van der Waals surface area contributed by atoms with E-state index in [1.165, 1.54) is 0 Å². The predicted octanol–water partition coefficient (Wildman–Crippen LogP) is 1.92. The molecule has 0 saturated carbocycles. The molecule has 0 amide bonds. The lowest BCUT2D eigenvalue weighted by atomic mass is 9.98. The van der Waals surface area contributed by atoms with Gasteiger partial charge in [-0.1, -0.05) is 0 Å². The van der Waals surface area contributed by atoms with Crippen molar-refractivity contribution in [2.75, 3.05) is 41.0 Å². The van der Waals surface area contributed by atoms with Crippen LogP contribution in [0.2, 0.25) is 0 Å². The van der Waals surface area contributed by atoms with Crippen LogP contribution in [0.15, 0.2) is 12.1 Å². The Hall–Kier alpha value is -1.46. The Bertz CT molecular complexity index is 464. The van der Waals surface area contributed by atoms with Crippen molar-refractivity contribution in [3.63, 3.8) is 0 Å². The molecule has 1 fully saturated rings. The van der Waals surface area contributed by atoms with E-state index in [9.17, 15) is 5.11 Å². The third-order valence-corrected chi connectivity index (χ3v) is 4.04. The summed E-state index contributed by atoms with van der Waals surface area (Å²) in [5.41, 5.74) is 1.08. The van der Waals surface area contributed by atoms with Crippen molar-refractivity contribution in [3.05, 3.63) is 17.7 Å². The summed E-state index contributed by atoms with van der Waals surface area (Å²) in [6.07, 6.45) is 2.23. The molecule has 1 atom stereocenters. The number of ether oxygens (including phenoxy) is 3. The molecule has 118 valence electrons. The first-order valence-corrected chi connectivity index (χ1v) is 7.34. The molecule has 5 heteroatoms. The highest BCUT2D eigenvalue weighted by Gasteiger charge is 2.21. The third kappa shape index (κ3) is 3.80. The zero-order chi connectivity index (χ0) is 15.2. The molecular formula is C16H25NO4. The second-order valence-electron chi connectivity index (χ2n) is 5.44. The van der Waals surface area contributed by atoms with Gasteiger partial charge in [0, 0.05) is 31.3 Å². The zero-order valence-electron chi connectivity index (χ0n) is 13.1. The van der Waals surface area contributed by atoms with Crippen molar-refractivity contribution in [1.82, 2.24) is 4.90 Å². The molecular weight excluding hydrogens is 270 g/mol. The van der Waals surface area contributed by atoms with Crippen LogP contribution in [0.25, 0.3) is 0 Å². The van der Waals surface area contributed by atoms with Crippen molar-refractivity contribution < 1.29 is 19.3 Å². The van der Waals surface area contributed by atoms with Crippen molar-refractivity contribution >= 4 is 0 Å². The molecule has 0 bridgehead atoms. The average molecular weight is 295 g/mol. The van der Waals surface area contributed by atoms with E-state index in [-0.39, 0.29) is 6.61 Å². The second-order valence-corrected chi connectivity index (χ2v) is 5.44. The highest BCUT2D eigenvalue weighted by molar-refractivity contribution is 5.50. The van der Waals surface area contributed by atoms with Crippen molar-refractivity contribution in [3.8, 4) is 17.2 Å². The topological polar surface area (TPSA) is 51.2 Å². The second kappa shape index (κ2) is 7.52. The number of likely N-dealkylation sites (tertiary alicyclic amines) is 1. The van der Waals surface area contributed by atoms with E-state index in [1.807, 2.05) is 12.1 Å². The van der Waals surface area contributed by atoms with Crippen molar-refractivity contribution in [2.45, 2.75) is 19.4 Å². The molecule has 1 aromatic carbocycles. The van der Waals surface area contributed by atoms with E-state index in [2.05, 4.69) is 4.90 Å². The summed E-state index contributed by atoms with van der Waals surface area (Å²) in [6.45, 7) is 3.03. The average Bonchev–Trinajstić information content (AvgIpc) is 2.54. The lowest BCUT2D eigenvalue weighted by molar-refractivity contribution is 0.115. The molecule has 1 heterocycles. The van der Waals surface area contributed by atoms with Gasteiger partial charge in [0.1, 0.15) is 5.75 Å². The summed E-state index contributed by atoms with van der Waals surface area (Å²) in [7, 11) is 4.92. The highest BCUT2D eigenvalue weighted by Crippen LogP contribution is 2.35. The van der Waals surface area contributed by atoms with E-state index in [0.717, 1.165) is 43.8 Å². The predicted molar refractivity (Wildman–Crippen MR) is 81.2 cm³/mol. The Kier molecular flexibility index (Phi) is 5.70. The van der Waals surface area contributed by atoms with Gasteiger partial charge in [-0.05, 0) is 31.4 Å². The first kappa shape index (κ1) is 15.9. The molecule has 1 N–H and O–H groups in total. The first-order chi connectivity index (χ1) is 10.2. The Morgan fingerprint density at radius 2 is 1.76 bits per heavy atom. The van der Waals surface area contributed by atoms with Crippen LogP contribution in [-0.2, 0) is 6.54 Å². The van der Waals surface area contributed by atoms with Gasteiger partial charge in [0.25, 0.3) is 0 Å². The van der Waals surface area contributed by atoms with Crippen LogP contribution in [0.4, 0.5) is 0 Å². The van der Waals surface area contributed by atoms with Gasteiger partial charge in [0.2, 0.25) is 0 Å². The summed E-state index contributed by atoms with van der Waals surface area (Å²) in [6, 6.07) is 3.84. The lowest BCUT2D eigenvalue weighted by Gasteiger charge is -2.32. The molecule has 1 aliphatic rings. The largest absolute Gasteiger partial charge is 0.496 e. The van der Waals surface area contributed by atoms with E-state index in [4.69, 9.17) is 14.2 Å². The van der Waals surface area contributed by atoms with Crippen LogP contribution in [0, 0.1) is 5.92 Å². The van der Waals surface area contributed by atoms with Crippen LogP contribution in [-0.4, -0.2) is 51.0 Å². The Morgan fingerprint density at radius 1 is 1.10 bits per heavy atom. The third-order valence-electron chi connectivity index (χ3n) is 4.04. The molecule has 1 saturated heterocycles. The molecule has 21 heavy (non-hydrogen) atoms. The first-order valence-electron chi connectivity index (χ1n) is 7.34. The van der Waals surface area contributed by atoms with Gasteiger partial charge in [0.05, 0.1) is 21.3 Å². The van der Waals surface area contributed by atoms with Crippen LogP contribution in [0.1, 0.15) is 18.4 Å². The Labute approximate surface area is 126 Å². The van der Waals surface area contributed by atoms with Gasteiger partial charge in [-0.2, -0.15) is 0 Å². The number of methoxy groups -OCH3 is 3. The fraction of sp³-hybridized carbons (Fsp3) is 0.625. The minimum atomic E-state index is 0.263. The van der Waals surface area contributed by atoms with E-state index < -0.39 is 0 Å². The Balaban J connectivity index is 2.18. The molecule has 0 aromatic heterocycles. The van der Waals surface area contributed by atoms with Gasteiger partial charge in [0.15, 0.2) is 11.5 Å². The summed E-state index contributed by atoms with van der Waals surface area (Å²) in [5, 5.41) is 9.34. The minimum absolute atomic E-state index is 0.263. The molecule has 0 radical (unpaired) electrons. The van der Waals surface area contributed by atoms with E-state index >= 15 is 0 Å². The molecule has 0 unspecified atom stereocenters. The van der Waals surface area contributed by atoms with Gasteiger partial charge < -0.3 is 19.3 Å². The van der Waals surface area contributed by atoms with Gasteiger partial charge in [-0.15, -0.1) is 0 Å². The van der Waals surface area contributed by atoms with Crippen LogP contribution >= 0.6 is 0 Å². The molecule has 2 rings (SSSR count). The van der Waals surface area contributed by atoms with Crippen molar-refractivity contribution in [1.29, 1.82) is 0 Å². The van der Waals surface area contributed by atoms with Crippen LogP contribution in [0.3, 0.4) is 0 Å². The minimum Gasteiger partial charge on any atom is -0.496 e. The summed E-state index contributed by atoms with van der Waals surface area (Å²) in [5.74, 6) is 2.57. The number of nitrogens with zero attached hydrogens (tertiary/aromatic N) is 1. The van der Waals surface area contributed by atoms with Crippen LogP contribution in [0.5, 0.6) is 17.2 Å². The number of hydrogen-bond acceptors (Lipinski definition) is 5. The fourth-order valence-electron chi connectivity index (χ4n) is 2.90. The smallest absolute Gasteiger partial charge is 0.164 e. The summed E-state index contributed by atoms with van der Waals surface area (Å²) < 4.78 is 16.1. The monoisotopic (exact) mass is 295 g/mol. The molecule has 0 aliphatic carbocycles. The zero-order valence-corrected chi connectivity index (χ0v) is 13.1. The maximum Gasteiger partial charge on any atom is 0.164 e. The number of aliphatic hydroxyl groups is 1. The molecule has 0 spiro atoms. The van der Waals surface area contributed by atoms with E-state index in [0.29, 0.717) is 17.4 Å². The normalized spacial score (nSPS) is 19.3. The SMILES string of the molecule is COc1cc(OC)c(OC)cc1CN1CCC[C@@H](CO)C1. The molecule has 1 aromatic rings. The van der Waals surface area contributed by atoms with Crippen LogP contribution < -0.4 is 14.2 Å². The van der Waals surface area contributed by atoms with Gasteiger partial charge in [-0.3, -0.25) is 4.90 Å². The summed E-state index contributed by atoms with van der Waals surface area (Å²) in [4.78, 5) is 2.36. The maximum atomic E-state index is 9.34. The number of hydrogen-bond donors (Lipinski definition) is 1. The Morgan fingerprint density at radius 3 is 2.38 bits per heavy atom. The van der Waals surface area contributed by atoms with Crippen molar-refractivity contribution in [2.24, 2.45) is 5.92 Å². The van der Waals surface area contributed by atoms with Gasteiger partial charge in [-0.25, -0.2) is 0 Å². The van der Waals surface area contributed by atoms with E-state index in [1.54, 1.807) is 21.3 Å².